The Morgan fingerprint density at radius 1 is 0.929 bits per heavy atom. The third-order valence-corrected chi connectivity index (χ3v) is 10.2. The molecule has 13 heteroatoms. The molecule has 1 aliphatic carbocycles. The first-order chi connectivity index (χ1) is 19.0. The molecule has 1 fully saturated rings. The fourth-order valence-corrected chi connectivity index (χ4v) is 5.74. The van der Waals surface area contributed by atoms with E-state index in [9.17, 15) is 32.4 Å². The Morgan fingerprint density at radius 3 is 1.88 bits per heavy atom. The lowest BCUT2D eigenvalue weighted by molar-refractivity contribution is -0.144. The van der Waals surface area contributed by atoms with Gasteiger partial charge >= 0.3 is 6.03 Å². The quantitative estimate of drug-likeness (QED) is 0.203. The SMILES string of the molecule is CCCN(C(=O)[C@@H](NC(=O)N[C@H](CS(=O)(=O)C(C)(C)C)C(C)C)C(C)(C)C)[C@@H](C)C(=O)NC(CC1CC1)C(=O)C(N)=O. The molecule has 0 spiro atoms. The summed E-state index contributed by atoms with van der Waals surface area (Å²) in [7, 11) is -3.54. The molecule has 1 saturated carbocycles. The average molecular weight is 616 g/mol. The van der Waals surface area contributed by atoms with Gasteiger partial charge in [-0.1, -0.05) is 54.4 Å². The Morgan fingerprint density at radius 2 is 1.48 bits per heavy atom. The number of rotatable bonds is 15. The normalized spacial score (nSPS) is 17.0. The van der Waals surface area contributed by atoms with E-state index in [0.717, 1.165) is 12.8 Å². The Kier molecular flexibility index (Phi) is 13.0. The van der Waals surface area contributed by atoms with Crippen LogP contribution in [0.2, 0.25) is 0 Å². The molecule has 0 aromatic carbocycles. The van der Waals surface area contributed by atoms with Gasteiger partial charge in [-0.25, -0.2) is 13.2 Å². The molecule has 0 aromatic rings. The van der Waals surface area contributed by atoms with E-state index in [1.54, 1.807) is 55.4 Å². The van der Waals surface area contributed by atoms with E-state index < -0.39 is 73.7 Å². The molecule has 0 aromatic heterocycles. The maximum absolute atomic E-state index is 13.9. The average Bonchev–Trinajstić information content (AvgIpc) is 3.66. The second-order valence-electron chi connectivity index (χ2n) is 13.8. The van der Waals surface area contributed by atoms with Crippen LogP contribution < -0.4 is 21.7 Å². The highest BCUT2D eigenvalue weighted by Crippen LogP contribution is 2.33. The van der Waals surface area contributed by atoms with Gasteiger partial charge < -0.3 is 26.6 Å². The summed E-state index contributed by atoms with van der Waals surface area (Å²) in [5.74, 6) is -3.37. The summed E-state index contributed by atoms with van der Waals surface area (Å²) < 4.78 is 24.7. The van der Waals surface area contributed by atoms with Crippen molar-refractivity contribution >= 4 is 39.4 Å². The molecule has 0 radical (unpaired) electrons. The lowest BCUT2D eigenvalue weighted by atomic mass is 9.85. The molecule has 5 N–H and O–H groups in total. The highest BCUT2D eigenvalue weighted by atomic mass is 32.2. The molecule has 5 amide bonds. The van der Waals surface area contributed by atoms with Crippen molar-refractivity contribution in [2.24, 2.45) is 23.0 Å². The Balaban J connectivity index is 3.17. The second-order valence-corrected chi connectivity index (χ2v) is 16.6. The standard InChI is InChI=1S/C29H53N5O7S/c1-11-14-34(18(4)25(37)31-20(15-19-12-13-19)22(35)24(30)36)26(38)23(28(5,6)7)33-27(39)32-21(17(2)3)16-42(40,41)29(8,9)10/h17-21,23H,11-16H2,1-10H3,(H2,30,36)(H,31,37)(H2,32,33,39)/t18-,20?,21+,23+/m0/s1. The lowest BCUT2D eigenvalue weighted by Gasteiger charge is -2.38. The zero-order valence-corrected chi connectivity index (χ0v) is 27.8. The zero-order chi connectivity index (χ0) is 32.8. The van der Waals surface area contributed by atoms with Gasteiger partial charge in [0.2, 0.25) is 17.6 Å². The number of carbonyl (C=O) groups excluding carboxylic acids is 5. The Hall–Kier alpha value is -2.70. The number of carbonyl (C=O) groups is 5. The third-order valence-electron chi connectivity index (χ3n) is 7.58. The number of hydrogen-bond donors (Lipinski definition) is 4. The first-order valence-electron chi connectivity index (χ1n) is 14.8. The number of nitrogens with one attached hydrogen (secondary N) is 3. The van der Waals surface area contributed by atoms with Gasteiger partial charge in [0.05, 0.1) is 16.5 Å². The minimum absolute atomic E-state index is 0.193. The summed E-state index contributed by atoms with van der Waals surface area (Å²) in [5, 5.41) is 8.08. The molecule has 42 heavy (non-hydrogen) atoms. The third kappa shape index (κ3) is 10.9. The van der Waals surface area contributed by atoms with Crippen molar-refractivity contribution in [3.05, 3.63) is 0 Å². The van der Waals surface area contributed by atoms with Crippen LogP contribution in [0.3, 0.4) is 0 Å². The van der Waals surface area contributed by atoms with Gasteiger partial charge in [-0.05, 0) is 57.8 Å². The Labute approximate surface area is 251 Å². The monoisotopic (exact) mass is 615 g/mol. The van der Waals surface area contributed by atoms with Crippen molar-refractivity contribution < 1.29 is 32.4 Å². The molecule has 1 unspecified atom stereocenters. The summed E-state index contributed by atoms with van der Waals surface area (Å²) in [6.45, 7) is 17.3. The van der Waals surface area contributed by atoms with Crippen molar-refractivity contribution in [2.45, 2.75) is 124 Å². The minimum atomic E-state index is -3.54. The first-order valence-corrected chi connectivity index (χ1v) is 16.4. The number of hydrogen-bond acceptors (Lipinski definition) is 7. The van der Waals surface area contributed by atoms with E-state index in [1.165, 1.54) is 11.8 Å². The van der Waals surface area contributed by atoms with Gasteiger partial charge in [-0.2, -0.15) is 0 Å². The van der Waals surface area contributed by atoms with E-state index in [2.05, 4.69) is 16.0 Å². The van der Waals surface area contributed by atoms with Crippen LogP contribution in [0.1, 0.15) is 94.9 Å². The molecule has 12 nitrogen and oxygen atoms in total. The first kappa shape index (κ1) is 37.3. The van der Waals surface area contributed by atoms with Gasteiger partial charge in [0, 0.05) is 12.6 Å². The summed E-state index contributed by atoms with van der Waals surface area (Å²) in [6.07, 6.45) is 2.61. The summed E-state index contributed by atoms with van der Waals surface area (Å²) in [6, 6.07) is -4.55. The van der Waals surface area contributed by atoms with E-state index in [0.29, 0.717) is 12.8 Å². The van der Waals surface area contributed by atoms with Crippen molar-refractivity contribution in [1.29, 1.82) is 0 Å². The molecule has 0 aliphatic heterocycles. The van der Waals surface area contributed by atoms with Crippen LogP contribution in [-0.4, -0.2) is 84.1 Å². The van der Waals surface area contributed by atoms with E-state index in [4.69, 9.17) is 5.73 Å². The molecule has 242 valence electrons. The molecule has 0 saturated heterocycles. The van der Waals surface area contributed by atoms with Crippen LogP contribution in [0.15, 0.2) is 0 Å². The maximum Gasteiger partial charge on any atom is 0.315 e. The molecule has 1 aliphatic rings. The van der Waals surface area contributed by atoms with Crippen LogP contribution in [0.25, 0.3) is 0 Å². The van der Waals surface area contributed by atoms with Crippen molar-refractivity contribution in [3.8, 4) is 0 Å². The number of ketones is 1. The fourth-order valence-electron chi connectivity index (χ4n) is 4.30. The van der Waals surface area contributed by atoms with Crippen molar-refractivity contribution in [2.75, 3.05) is 12.3 Å². The highest BCUT2D eigenvalue weighted by Gasteiger charge is 2.41. The lowest BCUT2D eigenvalue weighted by Crippen LogP contribution is -2.62. The minimum Gasteiger partial charge on any atom is -0.363 e. The van der Waals surface area contributed by atoms with Gasteiger partial charge in [-0.15, -0.1) is 0 Å². The van der Waals surface area contributed by atoms with Crippen molar-refractivity contribution in [1.82, 2.24) is 20.9 Å². The van der Waals surface area contributed by atoms with Gasteiger partial charge in [-0.3, -0.25) is 19.2 Å². The van der Waals surface area contributed by atoms with Crippen LogP contribution in [-0.2, 0) is 29.0 Å². The molecular weight excluding hydrogens is 562 g/mol. The van der Waals surface area contributed by atoms with Gasteiger partial charge in [0.1, 0.15) is 12.1 Å². The number of Topliss-reactive ketones (excluding diaryl/α,β-unsaturated/α-hetero) is 1. The number of amides is 5. The molecule has 4 atom stereocenters. The number of nitrogens with zero attached hydrogens (tertiary/aromatic N) is 1. The second kappa shape index (κ2) is 14.7. The number of primary amides is 1. The summed E-state index contributed by atoms with van der Waals surface area (Å²) >= 11 is 0. The summed E-state index contributed by atoms with van der Waals surface area (Å²) in [4.78, 5) is 65.7. The number of urea groups is 1. The molecule has 1 rings (SSSR count). The van der Waals surface area contributed by atoms with Crippen LogP contribution >= 0.6 is 0 Å². The molecule has 0 bridgehead atoms. The predicted molar refractivity (Wildman–Crippen MR) is 162 cm³/mol. The topological polar surface area (TPSA) is 185 Å². The van der Waals surface area contributed by atoms with Crippen LogP contribution in [0.5, 0.6) is 0 Å². The highest BCUT2D eigenvalue weighted by molar-refractivity contribution is 7.92. The van der Waals surface area contributed by atoms with Crippen molar-refractivity contribution in [3.63, 3.8) is 0 Å². The fraction of sp³-hybridized carbons (Fsp3) is 0.828. The summed E-state index contributed by atoms with van der Waals surface area (Å²) in [5.41, 5.74) is 4.42. The molecule has 0 heterocycles. The van der Waals surface area contributed by atoms with Crippen LogP contribution in [0.4, 0.5) is 4.79 Å². The van der Waals surface area contributed by atoms with E-state index in [1.807, 2.05) is 6.92 Å². The predicted octanol–water partition coefficient (Wildman–Crippen LogP) is 1.90. The molecular formula is C29H53N5O7S. The van der Waals surface area contributed by atoms with Gasteiger partial charge in [0.25, 0.3) is 5.91 Å². The Bertz CT molecular complexity index is 1100. The van der Waals surface area contributed by atoms with E-state index in [-0.39, 0.29) is 24.1 Å². The number of nitrogens with two attached hydrogens (primary N) is 1. The number of sulfone groups is 1. The van der Waals surface area contributed by atoms with Crippen LogP contribution in [0, 0.1) is 17.3 Å². The maximum atomic E-state index is 13.9. The van der Waals surface area contributed by atoms with E-state index >= 15 is 0 Å². The largest absolute Gasteiger partial charge is 0.363 e. The smallest absolute Gasteiger partial charge is 0.315 e. The zero-order valence-electron chi connectivity index (χ0n) is 27.0. The van der Waals surface area contributed by atoms with Gasteiger partial charge in [0.15, 0.2) is 9.84 Å².